The van der Waals surface area contributed by atoms with Crippen LogP contribution in [-0.2, 0) is 0 Å². The molecule has 0 bridgehead atoms. The maximum Gasteiger partial charge on any atom is 0.244 e. The largest absolute Gasteiger partial charge is 0.496 e. The summed E-state index contributed by atoms with van der Waals surface area (Å²) in [6.45, 7) is 4.11. The van der Waals surface area contributed by atoms with E-state index < -0.39 is 0 Å². The number of fused-ring (bicyclic) bond motifs is 1. The lowest BCUT2D eigenvalue weighted by molar-refractivity contribution is 0.374. The Labute approximate surface area is 134 Å². The van der Waals surface area contributed by atoms with Gasteiger partial charge < -0.3 is 15.2 Å². The minimum atomic E-state index is -0.365. The van der Waals surface area contributed by atoms with Crippen LogP contribution in [-0.4, -0.2) is 17.3 Å². The Balaban J connectivity index is 2.29. The van der Waals surface area contributed by atoms with Crippen LogP contribution in [0.25, 0.3) is 0 Å². The number of aromatic amines is 1. The molecule has 0 saturated carbocycles. The molecule has 0 spiro atoms. The molecular weight excluding hydrogens is 292 g/mol. The maximum atomic E-state index is 9.61. The summed E-state index contributed by atoms with van der Waals surface area (Å²) in [4.78, 5) is 0. The average molecular weight is 310 g/mol. The highest BCUT2D eigenvalue weighted by Crippen LogP contribution is 2.46. The first kappa shape index (κ1) is 15.0. The third-order valence-electron chi connectivity index (χ3n) is 4.00. The number of para-hydroxylation sites is 1. The van der Waals surface area contributed by atoms with E-state index in [1.54, 1.807) is 7.11 Å². The molecule has 6 nitrogen and oxygen atoms in total. The van der Waals surface area contributed by atoms with Crippen LogP contribution in [0.15, 0.2) is 35.7 Å². The second kappa shape index (κ2) is 5.69. The van der Waals surface area contributed by atoms with Gasteiger partial charge in [-0.15, -0.1) is 5.10 Å². The molecule has 2 aromatic rings. The highest BCUT2D eigenvalue weighted by molar-refractivity contribution is 5.58. The average Bonchev–Trinajstić information content (AvgIpc) is 2.97. The van der Waals surface area contributed by atoms with Crippen LogP contribution >= 0.6 is 0 Å². The fraction of sp³-hybridized carbons (Fsp3) is 0.294. The molecule has 3 rings (SSSR count). The maximum absolute atomic E-state index is 9.61. The highest BCUT2D eigenvalue weighted by Gasteiger charge is 2.37. The number of nitrogens with one attached hydrogen (secondary N) is 1. The van der Waals surface area contributed by atoms with Gasteiger partial charge in [-0.1, -0.05) is 32.0 Å². The lowest BCUT2D eigenvalue weighted by Crippen LogP contribution is -2.21. The molecule has 1 atom stereocenters. The van der Waals surface area contributed by atoms with Gasteiger partial charge in [0.05, 0.1) is 18.6 Å². The first-order valence-corrected chi connectivity index (χ1v) is 7.37. The van der Waals surface area contributed by atoms with Crippen molar-refractivity contribution in [3.63, 3.8) is 0 Å². The summed E-state index contributed by atoms with van der Waals surface area (Å²) in [6, 6.07) is 9.78. The van der Waals surface area contributed by atoms with E-state index in [1.165, 1.54) is 0 Å². The van der Waals surface area contributed by atoms with Gasteiger partial charge in [0.15, 0.2) is 0 Å². The standard InChI is InChI=1S/C17H18N4O2/c1-9(2)15-14-13(10-6-4-5-7-12(10)22-3)11(8-18)16(19)23-17(14)21-20-15/h4-7,9,13H,19H2,1-3H3,(H,20,21)/t13-/m0/s1. The van der Waals surface area contributed by atoms with E-state index in [-0.39, 0.29) is 17.7 Å². The molecule has 1 aromatic carbocycles. The number of aromatic nitrogens is 2. The molecule has 0 unspecified atom stereocenters. The minimum Gasteiger partial charge on any atom is -0.496 e. The van der Waals surface area contributed by atoms with Crippen molar-refractivity contribution in [2.24, 2.45) is 5.73 Å². The van der Waals surface area contributed by atoms with Gasteiger partial charge in [0.1, 0.15) is 17.4 Å². The molecule has 1 aromatic heterocycles. The van der Waals surface area contributed by atoms with E-state index in [1.807, 2.05) is 24.3 Å². The zero-order valence-electron chi connectivity index (χ0n) is 13.3. The number of rotatable bonds is 3. The summed E-state index contributed by atoms with van der Waals surface area (Å²) in [5.41, 5.74) is 8.95. The number of benzene rings is 1. The molecule has 6 heteroatoms. The summed E-state index contributed by atoms with van der Waals surface area (Å²) in [5.74, 6) is 1.03. The van der Waals surface area contributed by atoms with Gasteiger partial charge in [-0.25, -0.2) is 0 Å². The molecule has 0 saturated heterocycles. The van der Waals surface area contributed by atoms with E-state index in [2.05, 4.69) is 30.1 Å². The summed E-state index contributed by atoms with van der Waals surface area (Å²) in [7, 11) is 1.61. The summed E-state index contributed by atoms with van der Waals surface area (Å²) in [6.07, 6.45) is 0. The molecule has 23 heavy (non-hydrogen) atoms. The predicted octanol–water partition coefficient (Wildman–Crippen LogP) is 2.76. The number of hydrogen-bond acceptors (Lipinski definition) is 5. The van der Waals surface area contributed by atoms with Gasteiger partial charge >= 0.3 is 0 Å². The Bertz CT molecular complexity index is 814. The SMILES string of the molecule is COc1ccccc1[C@H]1C(C#N)=C(N)Oc2n[nH]c(C(C)C)c21. The summed E-state index contributed by atoms with van der Waals surface area (Å²) < 4.78 is 11.0. The van der Waals surface area contributed by atoms with E-state index in [0.29, 0.717) is 17.2 Å². The molecule has 0 amide bonds. The zero-order valence-corrected chi connectivity index (χ0v) is 13.3. The minimum absolute atomic E-state index is 0.0812. The van der Waals surface area contributed by atoms with Gasteiger partial charge in [0, 0.05) is 11.3 Å². The van der Waals surface area contributed by atoms with Crippen LogP contribution in [0.3, 0.4) is 0 Å². The van der Waals surface area contributed by atoms with Crippen molar-refractivity contribution < 1.29 is 9.47 Å². The van der Waals surface area contributed by atoms with Gasteiger partial charge in [0.25, 0.3) is 0 Å². The fourth-order valence-corrected chi connectivity index (χ4v) is 2.92. The number of H-pyrrole nitrogens is 1. The van der Waals surface area contributed by atoms with Crippen molar-refractivity contribution >= 4 is 0 Å². The monoisotopic (exact) mass is 310 g/mol. The third kappa shape index (κ3) is 2.30. The lowest BCUT2D eigenvalue weighted by Gasteiger charge is -2.25. The number of hydrogen-bond donors (Lipinski definition) is 2. The van der Waals surface area contributed by atoms with Crippen molar-refractivity contribution in [2.45, 2.75) is 25.7 Å². The Hall–Kier alpha value is -2.94. The van der Waals surface area contributed by atoms with E-state index in [9.17, 15) is 5.26 Å². The van der Waals surface area contributed by atoms with E-state index >= 15 is 0 Å². The molecular formula is C17H18N4O2. The first-order valence-electron chi connectivity index (χ1n) is 7.37. The Morgan fingerprint density at radius 3 is 2.78 bits per heavy atom. The fourth-order valence-electron chi connectivity index (χ4n) is 2.92. The lowest BCUT2D eigenvalue weighted by atomic mass is 9.82. The Morgan fingerprint density at radius 1 is 1.39 bits per heavy atom. The Morgan fingerprint density at radius 2 is 2.13 bits per heavy atom. The summed E-state index contributed by atoms with van der Waals surface area (Å²) >= 11 is 0. The quantitative estimate of drug-likeness (QED) is 0.908. The third-order valence-corrected chi connectivity index (χ3v) is 4.00. The number of nitrogens with zero attached hydrogens (tertiary/aromatic N) is 2. The second-order valence-corrected chi connectivity index (χ2v) is 5.68. The van der Waals surface area contributed by atoms with Crippen LogP contribution in [0.5, 0.6) is 11.6 Å². The van der Waals surface area contributed by atoms with Gasteiger partial charge in [-0.2, -0.15) is 5.26 Å². The molecule has 0 radical (unpaired) electrons. The van der Waals surface area contributed by atoms with E-state index in [4.69, 9.17) is 15.2 Å². The molecule has 0 fully saturated rings. The van der Waals surface area contributed by atoms with Gasteiger partial charge in [0.2, 0.25) is 11.8 Å². The van der Waals surface area contributed by atoms with Crippen LogP contribution in [0.2, 0.25) is 0 Å². The molecule has 2 heterocycles. The first-order chi connectivity index (χ1) is 11.1. The van der Waals surface area contributed by atoms with E-state index in [0.717, 1.165) is 16.8 Å². The topological polar surface area (TPSA) is 96.9 Å². The van der Waals surface area contributed by atoms with Crippen molar-refractivity contribution in [1.29, 1.82) is 5.26 Å². The molecule has 1 aliphatic heterocycles. The van der Waals surface area contributed by atoms with Gasteiger partial charge in [-0.3, -0.25) is 5.10 Å². The zero-order chi connectivity index (χ0) is 16.6. The summed E-state index contributed by atoms with van der Waals surface area (Å²) in [5, 5.41) is 16.8. The molecule has 0 aliphatic carbocycles. The molecule has 3 N–H and O–H groups in total. The van der Waals surface area contributed by atoms with Crippen LogP contribution in [0, 0.1) is 11.3 Å². The van der Waals surface area contributed by atoms with Crippen molar-refractivity contribution in [1.82, 2.24) is 10.2 Å². The van der Waals surface area contributed by atoms with Crippen molar-refractivity contribution in [3.8, 4) is 17.7 Å². The highest BCUT2D eigenvalue weighted by atomic mass is 16.5. The second-order valence-electron chi connectivity index (χ2n) is 5.68. The number of ether oxygens (including phenoxy) is 2. The van der Waals surface area contributed by atoms with Gasteiger partial charge in [-0.05, 0) is 12.0 Å². The molecule has 1 aliphatic rings. The molecule has 118 valence electrons. The van der Waals surface area contributed by atoms with Crippen LogP contribution in [0.4, 0.5) is 0 Å². The smallest absolute Gasteiger partial charge is 0.244 e. The van der Waals surface area contributed by atoms with Crippen molar-refractivity contribution in [2.75, 3.05) is 7.11 Å². The van der Waals surface area contributed by atoms with Crippen molar-refractivity contribution in [3.05, 3.63) is 52.5 Å². The Kier molecular flexibility index (Phi) is 3.70. The predicted molar refractivity (Wildman–Crippen MR) is 85.0 cm³/mol. The number of nitrogens with two attached hydrogens (primary N) is 1. The van der Waals surface area contributed by atoms with Crippen LogP contribution in [0.1, 0.15) is 42.5 Å². The number of nitriles is 1. The van der Waals surface area contributed by atoms with Crippen LogP contribution < -0.4 is 15.2 Å². The number of allylic oxidation sites excluding steroid dienone is 1. The normalized spacial score (nSPS) is 16.7. The number of methoxy groups -OCH3 is 1.